The molecule has 20 heavy (non-hydrogen) atoms. The maximum Gasteiger partial charge on any atom is 0.0671 e. The van der Waals surface area contributed by atoms with Crippen molar-refractivity contribution in [1.82, 2.24) is 15.1 Å². The summed E-state index contributed by atoms with van der Waals surface area (Å²) in [7, 11) is 1.96. The Morgan fingerprint density at radius 3 is 2.40 bits per heavy atom. The van der Waals surface area contributed by atoms with Crippen LogP contribution in [0.2, 0.25) is 0 Å². The minimum absolute atomic E-state index is 0.457. The Morgan fingerprint density at radius 2 is 1.90 bits per heavy atom. The number of hydrogen-bond donors (Lipinski definition) is 1. The van der Waals surface area contributed by atoms with Crippen LogP contribution in [0, 0.1) is 6.92 Å². The van der Waals surface area contributed by atoms with Crippen molar-refractivity contribution in [2.75, 3.05) is 6.54 Å². The fourth-order valence-corrected chi connectivity index (χ4v) is 2.59. The Kier molecular flexibility index (Phi) is 4.96. The first-order chi connectivity index (χ1) is 9.65. The third-order valence-electron chi connectivity index (χ3n) is 3.69. The summed E-state index contributed by atoms with van der Waals surface area (Å²) >= 11 is 0. The minimum Gasteiger partial charge on any atom is -0.310 e. The van der Waals surface area contributed by atoms with Gasteiger partial charge in [-0.15, -0.1) is 0 Å². The molecule has 3 nitrogen and oxygen atoms in total. The van der Waals surface area contributed by atoms with E-state index in [1.54, 1.807) is 0 Å². The molecule has 0 amide bonds. The zero-order valence-corrected chi connectivity index (χ0v) is 13.0. The molecular formula is C17H25N3. The van der Waals surface area contributed by atoms with Crippen LogP contribution in [0.4, 0.5) is 0 Å². The Hall–Kier alpha value is -1.61. The van der Waals surface area contributed by atoms with Gasteiger partial charge in [0.2, 0.25) is 0 Å². The first kappa shape index (κ1) is 14.8. The molecule has 1 aromatic heterocycles. The lowest BCUT2D eigenvalue weighted by molar-refractivity contribution is 0.518. The summed E-state index contributed by atoms with van der Waals surface area (Å²) in [5, 5.41) is 8.00. The molecule has 1 N–H and O–H groups in total. The van der Waals surface area contributed by atoms with Crippen molar-refractivity contribution in [1.29, 1.82) is 0 Å². The summed E-state index contributed by atoms with van der Waals surface area (Å²) in [6.45, 7) is 7.56. The zero-order valence-electron chi connectivity index (χ0n) is 13.0. The molecule has 2 aromatic rings. The van der Waals surface area contributed by atoms with Crippen LogP contribution < -0.4 is 5.32 Å². The highest BCUT2D eigenvalue weighted by atomic mass is 15.2. The average molecular weight is 271 g/mol. The maximum atomic E-state index is 4.41. The minimum atomic E-state index is 0.457. The van der Waals surface area contributed by atoms with Crippen molar-refractivity contribution in [2.45, 2.75) is 39.7 Å². The number of rotatable bonds is 6. The SMILES string of the molecule is CCCNC(CC)c1ccc(-c2cn(C)nc2C)cc1. The molecule has 108 valence electrons. The third kappa shape index (κ3) is 3.28. The summed E-state index contributed by atoms with van der Waals surface area (Å²) in [4.78, 5) is 0. The van der Waals surface area contributed by atoms with E-state index in [-0.39, 0.29) is 0 Å². The fraction of sp³-hybridized carbons (Fsp3) is 0.471. The summed E-state index contributed by atoms with van der Waals surface area (Å²) in [5.41, 5.74) is 4.90. The van der Waals surface area contributed by atoms with E-state index in [2.05, 4.69) is 61.6 Å². The van der Waals surface area contributed by atoms with Gasteiger partial charge in [0.15, 0.2) is 0 Å². The van der Waals surface area contributed by atoms with Gasteiger partial charge >= 0.3 is 0 Å². The van der Waals surface area contributed by atoms with E-state index in [4.69, 9.17) is 0 Å². The molecule has 1 heterocycles. The Morgan fingerprint density at radius 1 is 1.20 bits per heavy atom. The number of nitrogens with zero attached hydrogens (tertiary/aromatic N) is 2. The predicted molar refractivity (Wildman–Crippen MR) is 84.7 cm³/mol. The fourth-order valence-electron chi connectivity index (χ4n) is 2.59. The van der Waals surface area contributed by atoms with Crippen LogP contribution in [-0.4, -0.2) is 16.3 Å². The van der Waals surface area contributed by atoms with Gasteiger partial charge in [-0.05, 0) is 37.4 Å². The molecule has 2 rings (SSSR count). The van der Waals surface area contributed by atoms with E-state index < -0.39 is 0 Å². The first-order valence-corrected chi connectivity index (χ1v) is 7.49. The molecule has 0 aliphatic heterocycles. The summed E-state index contributed by atoms with van der Waals surface area (Å²) in [5.74, 6) is 0. The quantitative estimate of drug-likeness (QED) is 0.865. The van der Waals surface area contributed by atoms with Gasteiger partial charge in [-0.25, -0.2) is 0 Å². The molecule has 0 aliphatic rings. The second kappa shape index (κ2) is 6.71. The summed E-state index contributed by atoms with van der Waals surface area (Å²) in [6.07, 6.45) is 4.37. The van der Waals surface area contributed by atoms with Crippen molar-refractivity contribution in [3.8, 4) is 11.1 Å². The van der Waals surface area contributed by atoms with Crippen LogP contribution in [-0.2, 0) is 7.05 Å². The van der Waals surface area contributed by atoms with Crippen LogP contribution >= 0.6 is 0 Å². The molecule has 0 aliphatic carbocycles. The lowest BCUT2D eigenvalue weighted by atomic mass is 10.00. The lowest BCUT2D eigenvalue weighted by Crippen LogP contribution is -2.21. The van der Waals surface area contributed by atoms with Crippen molar-refractivity contribution in [3.63, 3.8) is 0 Å². The monoisotopic (exact) mass is 271 g/mol. The normalized spacial score (nSPS) is 12.6. The standard InChI is InChI=1S/C17H25N3/c1-5-11-18-17(6-2)15-9-7-14(8-10-15)16-12-20(4)19-13(16)3/h7-10,12,17-18H,5-6,11H2,1-4H3. The van der Waals surface area contributed by atoms with Gasteiger partial charge in [-0.3, -0.25) is 4.68 Å². The van der Waals surface area contributed by atoms with Crippen LogP contribution in [0.25, 0.3) is 11.1 Å². The third-order valence-corrected chi connectivity index (χ3v) is 3.69. The molecule has 0 spiro atoms. The summed E-state index contributed by atoms with van der Waals surface area (Å²) in [6, 6.07) is 9.33. The van der Waals surface area contributed by atoms with Crippen molar-refractivity contribution < 1.29 is 0 Å². The van der Waals surface area contributed by atoms with Crippen molar-refractivity contribution in [3.05, 3.63) is 41.7 Å². The number of aromatic nitrogens is 2. The van der Waals surface area contributed by atoms with Crippen LogP contribution in [0.1, 0.15) is 44.0 Å². The number of aryl methyl sites for hydroxylation is 2. The van der Waals surface area contributed by atoms with E-state index >= 15 is 0 Å². The zero-order chi connectivity index (χ0) is 14.5. The van der Waals surface area contributed by atoms with Crippen LogP contribution in [0.5, 0.6) is 0 Å². The highest BCUT2D eigenvalue weighted by Crippen LogP contribution is 2.25. The molecule has 1 atom stereocenters. The Bertz CT molecular complexity index is 540. The highest BCUT2D eigenvalue weighted by Gasteiger charge is 2.10. The van der Waals surface area contributed by atoms with Crippen LogP contribution in [0.15, 0.2) is 30.5 Å². The topological polar surface area (TPSA) is 29.9 Å². The summed E-state index contributed by atoms with van der Waals surface area (Å²) < 4.78 is 1.87. The van der Waals surface area contributed by atoms with Gasteiger partial charge in [0.25, 0.3) is 0 Å². The van der Waals surface area contributed by atoms with Gasteiger partial charge < -0.3 is 5.32 Å². The average Bonchev–Trinajstić information content (AvgIpc) is 2.79. The van der Waals surface area contributed by atoms with E-state index in [0.29, 0.717) is 6.04 Å². The largest absolute Gasteiger partial charge is 0.310 e. The van der Waals surface area contributed by atoms with Gasteiger partial charge in [-0.2, -0.15) is 5.10 Å². The maximum absolute atomic E-state index is 4.41. The molecule has 0 saturated heterocycles. The molecule has 0 bridgehead atoms. The number of hydrogen-bond acceptors (Lipinski definition) is 2. The van der Waals surface area contributed by atoms with E-state index in [1.807, 2.05) is 11.7 Å². The molecule has 1 aromatic carbocycles. The molecular weight excluding hydrogens is 246 g/mol. The Balaban J connectivity index is 2.19. The highest BCUT2D eigenvalue weighted by molar-refractivity contribution is 5.65. The van der Waals surface area contributed by atoms with Gasteiger partial charge in [0, 0.05) is 24.8 Å². The molecule has 1 unspecified atom stereocenters. The van der Waals surface area contributed by atoms with E-state index in [0.717, 1.165) is 18.7 Å². The molecule has 0 fully saturated rings. The van der Waals surface area contributed by atoms with Gasteiger partial charge in [-0.1, -0.05) is 38.1 Å². The van der Waals surface area contributed by atoms with Gasteiger partial charge in [0.1, 0.15) is 0 Å². The van der Waals surface area contributed by atoms with Crippen LogP contribution in [0.3, 0.4) is 0 Å². The van der Waals surface area contributed by atoms with E-state index in [9.17, 15) is 0 Å². The molecule has 3 heteroatoms. The second-order valence-corrected chi connectivity index (χ2v) is 5.34. The van der Waals surface area contributed by atoms with E-state index in [1.165, 1.54) is 23.1 Å². The van der Waals surface area contributed by atoms with Gasteiger partial charge in [0.05, 0.1) is 5.69 Å². The number of nitrogens with one attached hydrogen (secondary N) is 1. The Labute approximate surface area is 122 Å². The second-order valence-electron chi connectivity index (χ2n) is 5.34. The van der Waals surface area contributed by atoms with Crippen molar-refractivity contribution in [2.24, 2.45) is 7.05 Å². The van der Waals surface area contributed by atoms with Crippen molar-refractivity contribution >= 4 is 0 Å². The molecule has 0 radical (unpaired) electrons. The smallest absolute Gasteiger partial charge is 0.0671 e. The lowest BCUT2D eigenvalue weighted by Gasteiger charge is -2.17. The number of benzene rings is 1. The first-order valence-electron chi connectivity index (χ1n) is 7.49. The predicted octanol–water partition coefficient (Wildman–Crippen LogP) is 3.85. The molecule has 0 saturated carbocycles.